The molecule has 0 spiro atoms. The van der Waals surface area contributed by atoms with E-state index in [0.29, 0.717) is 17.2 Å². The van der Waals surface area contributed by atoms with Crippen LogP contribution in [0.2, 0.25) is 0 Å². The second-order valence-electron chi connectivity index (χ2n) is 6.10. The number of hydrogen-bond acceptors (Lipinski definition) is 9. The quantitative estimate of drug-likeness (QED) is 0.569. The fourth-order valence-corrected chi connectivity index (χ4v) is 2.82. The molecule has 11 heteroatoms. The van der Waals surface area contributed by atoms with Gasteiger partial charge >= 0.3 is 5.97 Å². The van der Waals surface area contributed by atoms with E-state index in [9.17, 15) is 14.4 Å². The Labute approximate surface area is 170 Å². The smallest absolute Gasteiger partial charge is 0.361 e. The van der Waals surface area contributed by atoms with Crippen LogP contribution in [0.25, 0.3) is 11.1 Å². The number of benzene rings is 1. The Kier molecular flexibility index (Phi) is 6.00. The van der Waals surface area contributed by atoms with Crippen molar-refractivity contribution in [1.82, 2.24) is 14.7 Å². The third-order valence-corrected chi connectivity index (χ3v) is 4.22. The lowest BCUT2D eigenvalue weighted by Crippen LogP contribution is -2.30. The maximum Gasteiger partial charge on any atom is 0.361 e. The molecule has 3 aromatic rings. The molecular weight excluding hydrogens is 396 g/mol. The van der Waals surface area contributed by atoms with Gasteiger partial charge in [0.05, 0.1) is 20.8 Å². The van der Waals surface area contributed by atoms with Crippen LogP contribution in [0, 0.1) is 6.92 Å². The normalized spacial score (nSPS) is 10.7. The molecule has 0 atom stereocenters. The molecule has 0 aliphatic heterocycles. The Morgan fingerprint density at radius 2 is 1.93 bits per heavy atom. The number of ether oxygens (including phenoxy) is 3. The van der Waals surface area contributed by atoms with Crippen molar-refractivity contribution in [3.8, 4) is 11.5 Å². The SMILES string of the molecule is CCOC(=O)c1noc2nc(C)n(CC(=O)Nc3ccc(OC)c(OC)c3)c(=O)c12. The highest BCUT2D eigenvalue weighted by molar-refractivity contribution is 6.00. The van der Waals surface area contributed by atoms with E-state index < -0.39 is 17.4 Å². The number of fused-ring (bicyclic) bond motifs is 1. The summed E-state index contributed by atoms with van der Waals surface area (Å²) in [6.07, 6.45) is 0. The van der Waals surface area contributed by atoms with Gasteiger partial charge in [0.25, 0.3) is 11.3 Å². The maximum atomic E-state index is 12.9. The van der Waals surface area contributed by atoms with Crippen molar-refractivity contribution in [1.29, 1.82) is 0 Å². The average molecular weight is 416 g/mol. The van der Waals surface area contributed by atoms with Crippen molar-refractivity contribution >= 4 is 28.7 Å². The van der Waals surface area contributed by atoms with Gasteiger partial charge in [0.1, 0.15) is 17.8 Å². The Balaban J connectivity index is 1.90. The van der Waals surface area contributed by atoms with Gasteiger partial charge in [-0.1, -0.05) is 5.16 Å². The summed E-state index contributed by atoms with van der Waals surface area (Å²) in [7, 11) is 2.98. The Morgan fingerprint density at radius 1 is 1.20 bits per heavy atom. The summed E-state index contributed by atoms with van der Waals surface area (Å²) >= 11 is 0. The van der Waals surface area contributed by atoms with Crippen LogP contribution >= 0.6 is 0 Å². The van der Waals surface area contributed by atoms with Crippen LogP contribution < -0.4 is 20.3 Å². The zero-order chi connectivity index (χ0) is 21.8. The van der Waals surface area contributed by atoms with E-state index in [1.54, 1.807) is 25.1 Å². The second-order valence-corrected chi connectivity index (χ2v) is 6.10. The number of carbonyl (C=O) groups excluding carboxylic acids is 2. The third-order valence-electron chi connectivity index (χ3n) is 4.22. The molecule has 0 saturated carbocycles. The van der Waals surface area contributed by atoms with Gasteiger partial charge in [0.2, 0.25) is 11.6 Å². The highest BCUT2D eigenvalue weighted by Gasteiger charge is 2.24. The van der Waals surface area contributed by atoms with E-state index in [2.05, 4.69) is 15.5 Å². The molecule has 0 fully saturated rings. The van der Waals surface area contributed by atoms with Crippen molar-refractivity contribution < 1.29 is 28.3 Å². The van der Waals surface area contributed by atoms with E-state index in [0.717, 1.165) is 4.57 Å². The first-order valence-electron chi connectivity index (χ1n) is 8.95. The van der Waals surface area contributed by atoms with E-state index in [1.807, 2.05) is 0 Å². The van der Waals surface area contributed by atoms with Crippen LogP contribution in [-0.2, 0) is 16.1 Å². The minimum atomic E-state index is -0.805. The van der Waals surface area contributed by atoms with Gasteiger partial charge in [0.15, 0.2) is 11.5 Å². The van der Waals surface area contributed by atoms with Crippen LogP contribution in [0.3, 0.4) is 0 Å². The number of carbonyl (C=O) groups is 2. The number of nitrogens with one attached hydrogen (secondary N) is 1. The maximum absolute atomic E-state index is 12.9. The number of esters is 1. The summed E-state index contributed by atoms with van der Waals surface area (Å²) in [6, 6.07) is 4.87. The van der Waals surface area contributed by atoms with E-state index in [1.165, 1.54) is 21.1 Å². The van der Waals surface area contributed by atoms with Gasteiger partial charge in [-0.15, -0.1) is 0 Å². The van der Waals surface area contributed by atoms with Crippen LogP contribution in [0.5, 0.6) is 11.5 Å². The summed E-state index contributed by atoms with van der Waals surface area (Å²) in [5, 5.41) is 6.12. The standard InChI is InChI=1S/C19H20N4O7/c1-5-29-19(26)16-15-17(30-22-16)20-10(2)23(18(15)25)9-14(24)21-11-6-7-12(27-3)13(8-11)28-4/h6-8H,5,9H2,1-4H3,(H,21,24). The fourth-order valence-electron chi connectivity index (χ4n) is 2.82. The lowest BCUT2D eigenvalue weighted by molar-refractivity contribution is -0.116. The zero-order valence-electron chi connectivity index (χ0n) is 16.8. The predicted molar refractivity (Wildman–Crippen MR) is 105 cm³/mol. The van der Waals surface area contributed by atoms with Gasteiger partial charge in [-0.3, -0.25) is 14.2 Å². The molecule has 1 amide bonds. The molecule has 1 aromatic carbocycles. The molecule has 0 unspecified atom stereocenters. The molecule has 11 nitrogen and oxygen atoms in total. The third kappa shape index (κ3) is 3.95. The molecule has 158 valence electrons. The van der Waals surface area contributed by atoms with Crippen molar-refractivity contribution in [2.45, 2.75) is 20.4 Å². The van der Waals surface area contributed by atoms with Crippen molar-refractivity contribution in [3.05, 3.63) is 40.1 Å². The van der Waals surface area contributed by atoms with Crippen LogP contribution in [0.4, 0.5) is 5.69 Å². The highest BCUT2D eigenvalue weighted by atomic mass is 16.5. The Bertz CT molecular complexity index is 1170. The van der Waals surface area contributed by atoms with Crippen LogP contribution in [0.15, 0.2) is 27.5 Å². The number of aromatic nitrogens is 3. The minimum absolute atomic E-state index is 0.0999. The number of hydrogen-bond donors (Lipinski definition) is 1. The number of amides is 1. The first-order valence-corrected chi connectivity index (χ1v) is 8.95. The first-order chi connectivity index (χ1) is 14.4. The summed E-state index contributed by atoms with van der Waals surface area (Å²) in [6.45, 7) is 2.93. The average Bonchev–Trinajstić information content (AvgIpc) is 3.15. The topological polar surface area (TPSA) is 135 Å². The summed E-state index contributed by atoms with van der Waals surface area (Å²) in [5.74, 6) is -0.115. The molecule has 2 aromatic heterocycles. The highest BCUT2D eigenvalue weighted by Crippen LogP contribution is 2.29. The van der Waals surface area contributed by atoms with Gasteiger partial charge in [-0.25, -0.2) is 4.79 Å². The lowest BCUT2D eigenvalue weighted by atomic mass is 10.2. The van der Waals surface area contributed by atoms with Gasteiger partial charge in [0, 0.05) is 11.8 Å². The van der Waals surface area contributed by atoms with Crippen molar-refractivity contribution in [2.24, 2.45) is 0 Å². The number of rotatable bonds is 7. The fraction of sp³-hybridized carbons (Fsp3) is 0.316. The number of methoxy groups -OCH3 is 2. The van der Waals surface area contributed by atoms with Crippen LogP contribution in [-0.4, -0.2) is 47.4 Å². The summed E-state index contributed by atoms with van der Waals surface area (Å²) in [4.78, 5) is 41.6. The van der Waals surface area contributed by atoms with Crippen molar-refractivity contribution in [2.75, 3.05) is 26.1 Å². The molecule has 0 radical (unpaired) electrons. The number of nitrogens with zero attached hydrogens (tertiary/aromatic N) is 3. The number of anilines is 1. The van der Waals surface area contributed by atoms with Gasteiger partial charge in [-0.05, 0) is 26.0 Å². The van der Waals surface area contributed by atoms with E-state index in [4.69, 9.17) is 18.7 Å². The largest absolute Gasteiger partial charge is 0.493 e. The Morgan fingerprint density at radius 3 is 2.60 bits per heavy atom. The second kappa shape index (κ2) is 8.64. The van der Waals surface area contributed by atoms with E-state index in [-0.39, 0.29) is 35.8 Å². The molecule has 2 heterocycles. The summed E-state index contributed by atoms with van der Waals surface area (Å²) < 4.78 is 21.4. The zero-order valence-corrected chi connectivity index (χ0v) is 16.8. The van der Waals surface area contributed by atoms with E-state index >= 15 is 0 Å². The lowest BCUT2D eigenvalue weighted by Gasteiger charge is -2.12. The molecule has 0 bridgehead atoms. The molecule has 0 saturated heterocycles. The molecule has 0 aliphatic carbocycles. The van der Waals surface area contributed by atoms with Crippen LogP contribution in [0.1, 0.15) is 23.2 Å². The predicted octanol–water partition coefficient (Wildman–Crippen LogP) is 1.53. The monoisotopic (exact) mass is 416 g/mol. The molecule has 0 aliphatic rings. The van der Waals surface area contributed by atoms with Gasteiger partial charge < -0.3 is 24.1 Å². The first kappa shape index (κ1) is 20.8. The number of aryl methyl sites for hydroxylation is 1. The molecule has 30 heavy (non-hydrogen) atoms. The van der Waals surface area contributed by atoms with Gasteiger partial charge in [-0.2, -0.15) is 4.98 Å². The minimum Gasteiger partial charge on any atom is -0.493 e. The Hall–Kier alpha value is -3.89. The summed E-state index contributed by atoms with van der Waals surface area (Å²) in [5.41, 5.74) is -0.561. The molecule has 3 rings (SSSR count). The molecule has 1 N–H and O–H groups in total. The van der Waals surface area contributed by atoms with Crippen molar-refractivity contribution in [3.63, 3.8) is 0 Å². The molecular formula is C19H20N4O7.